The number of fused-ring (bicyclic) bond motifs is 6. The van der Waals surface area contributed by atoms with Gasteiger partial charge in [0.2, 0.25) is 11.4 Å². The van der Waals surface area contributed by atoms with E-state index >= 15 is 0 Å². The van der Waals surface area contributed by atoms with Crippen molar-refractivity contribution in [2.24, 2.45) is 0 Å². The van der Waals surface area contributed by atoms with Crippen molar-refractivity contribution < 1.29 is 9.30 Å². The number of ether oxygens (including phenoxy) is 1. The first kappa shape index (κ1) is 24.9. The van der Waals surface area contributed by atoms with Crippen molar-refractivity contribution in [3.05, 3.63) is 119 Å². The highest BCUT2D eigenvalue weighted by Gasteiger charge is 2.26. The summed E-state index contributed by atoms with van der Waals surface area (Å²) in [6.45, 7) is 6.24. The van der Waals surface area contributed by atoms with Gasteiger partial charge in [-0.1, -0.05) is 84.2 Å². The second kappa shape index (κ2) is 10.4. The van der Waals surface area contributed by atoms with Crippen LogP contribution in [0.2, 0.25) is 0 Å². The third-order valence-electron chi connectivity index (χ3n) is 8.05. The summed E-state index contributed by atoms with van der Waals surface area (Å²) >= 11 is 1.88. The number of allylic oxidation sites excluding steroid dienone is 6. The molecule has 40 heavy (non-hydrogen) atoms. The molecule has 0 bridgehead atoms. The second-order valence-electron chi connectivity index (χ2n) is 10.5. The van der Waals surface area contributed by atoms with Gasteiger partial charge in [-0.05, 0) is 79.3 Å². The molecule has 0 amide bonds. The maximum Gasteiger partial charge on any atom is 0.262 e. The summed E-state index contributed by atoms with van der Waals surface area (Å²) in [6, 6.07) is 26.0. The molecule has 0 fully saturated rings. The number of aromatic nitrogens is 1. The van der Waals surface area contributed by atoms with Crippen LogP contribution in [-0.4, -0.2) is 6.54 Å². The zero-order chi connectivity index (χ0) is 27.1. The normalized spacial score (nSPS) is 17.4. The Morgan fingerprint density at radius 2 is 1.62 bits per heavy atom. The van der Waals surface area contributed by atoms with Gasteiger partial charge in [-0.3, -0.25) is 0 Å². The van der Waals surface area contributed by atoms with Crippen molar-refractivity contribution in [3.63, 3.8) is 0 Å². The van der Waals surface area contributed by atoms with Crippen LogP contribution in [0.5, 0.6) is 5.75 Å². The van der Waals surface area contributed by atoms with Crippen LogP contribution in [0.25, 0.3) is 37.8 Å². The topological polar surface area (TPSA) is 16.4 Å². The number of aryl methyl sites for hydroxylation is 1. The first-order chi connectivity index (χ1) is 19.7. The highest BCUT2D eigenvalue weighted by atomic mass is 32.1. The number of benzene rings is 4. The van der Waals surface area contributed by atoms with Crippen molar-refractivity contribution in [1.82, 2.24) is 0 Å². The number of anilines is 1. The third-order valence-corrected chi connectivity index (χ3v) is 9.17. The van der Waals surface area contributed by atoms with Crippen LogP contribution in [0.1, 0.15) is 38.1 Å². The molecule has 4 aromatic carbocycles. The first-order valence-corrected chi connectivity index (χ1v) is 15.2. The molecule has 7 rings (SSSR count). The van der Waals surface area contributed by atoms with E-state index in [0.29, 0.717) is 0 Å². The summed E-state index contributed by atoms with van der Waals surface area (Å²) in [7, 11) is 0. The zero-order valence-corrected chi connectivity index (χ0v) is 23.9. The molecule has 0 N–H and O–H groups in total. The molecule has 2 heterocycles. The Kier molecular flexibility index (Phi) is 6.49. The van der Waals surface area contributed by atoms with Gasteiger partial charge in [-0.25, -0.2) is 0 Å². The van der Waals surface area contributed by atoms with Gasteiger partial charge in [0.25, 0.3) is 5.01 Å². The molecule has 0 unspecified atom stereocenters. The lowest BCUT2D eigenvalue weighted by molar-refractivity contribution is -0.664. The molecular weight excluding hydrogens is 508 g/mol. The van der Waals surface area contributed by atoms with E-state index in [1.54, 1.807) is 0 Å². The standard InChI is InChI=1S/C36H33N2OS/c1-3-37-31-20-18-28-13-6-8-15-30(28)36(31)39-33(37)22-16-25-10-9-11-26(24-25)17-23-34-38(4-2)35-29-14-7-5-12-27(29)19-21-32(35)40-34/h5-8,12-24H,3-4,9-11H2,1-2H3/q+1. The minimum atomic E-state index is 0.867. The van der Waals surface area contributed by atoms with Crippen LogP contribution < -0.4 is 14.2 Å². The fourth-order valence-electron chi connectivity index (χ4n) is 6.09. The molecule has 198 valence electrons. The molecule has 2 aliphatic rings. The van der Waals surface area contributed by atoms with E-state index in [1.165, 1.54) is 48.9 Å². The first-order valence-electron chi connectivity index (χ1n) is 14.3. The van der Waals surface area contributed by atoms with E-state index < -0.39 is 0 Å². The monoisotopic (exact) mass is 541 g/mol. The number of thiazole rings is 1. The molecule has 0 saturated heterocycles. The highest BCUT2D eigenvalue weighted by molar-refractivity contribution is 7.19. The van der Waals surface area contributed by atoms with Gasteiger partial charge in [-0.2, -0.15) is 4.57 Å². The summed E-state index contributed by atoms with van der Waals surface area (Å²) < 4.78 is 10.2. The van der Waals surface area contributed by atoms with Crippen molar-refractivity contribution >= 4 is 54.9 Å². The maximum atomic E-state index is 6.44. The molecule has 3 nitrogen and oxygen atoms in total. The Labute approximate surface area is 239 Å². The zero-order valence-electron chi connectivity index (χ0n) is 23.1. The van der Waals surface area contributed by atoms with Crippen LogP contribution in [0.15, 0.2) is 114 Å². The van der Waals surface area contributed by atoms with E-state index in [0.717, 1.165) is 48.6 Å². The molecule has 1 aliphatic heterocycles. The molecular formula is C36H33N2OS+. The van der Waals surface area contributed by atoms with E-state index in [4.69, 9.17) is 4.74 Å². The fourth-order valence-corrected chi connectivity index (χ4v) is 7.24. The Balaban J connectivity index is 1.18. The van der Waals surface area contributed by atoms with Crippen LogP contribution >= 0.6 is 11.3 Å². The van der Waals surface area contributed by atoms with Crippen LogP contribution in [0.3, 0.4) is 0 Å². The number of hydrogen-bond donors (Lipinski definition) is 0. The molecule has 0 saturated carbocycles. The molecule has 1 aromatic heterocycles. The number of nitrogens with zero attached hydrogens (tertiary/aromatic N) is 2. The Morgan fingerprint density at radius 3 is 2.45 bits per heavy atom. The SMILES string of the molecule is CCN1C(=CC=C2C=C(C=Cc3sc4ccc5ccccc5c4[n+]3CC)CCC2)Oc2c1ccc1ccccc21. The van der Waals surface area contributed by atoms with Gasteiger partial charge in [0.15, 0.2) is 5.75 Å². The maximum absolute atomic E-state index is 6.44. The predicted molar refractivity (Wildman–Crippen MR) is 170 cm³/mol. The Bertz CT molecular complexity index is 1890. The van der Waals surface area contributed by atoms with E-state index in [2.05, 4.69) is 126 Å². The smallest absolute Gasteiger partial charge is 0.262 e. The van der Waals surface area contributed by atoms with Crippen molar-refractivity contribution in [3.8, 4) is 5.75 Å². The Hall–Kier alpha value is -4.15. The van der Waals surface area contributed by atoms with E-state index in [9.17, 15) is 0 Å². The molecule has 0 atom stereocenters. The molecule has 1 aliphatic carbocycles. The summed E-state index contributed by atoms with van der Waals surface area (Å²) in [6.07, 6.45) is 14.8. The van der Waals surface area contributed by atoms with Crippen molar-refractivity contribution in [2.45, 2.75) is 39.7 Å². The quantitative estimate of drug-likeness (QED) is 0.206. The second-order valence-corrected chi connectivity index (χ2v) is 11.5. The van der Waals surface area contributed by atoms with Gasteiger partial charge >= 0.3 is 0 Å². The van der Waals surface area contributed by atoms with Gasteiger partial charge in [0, 0.05) is 18.0 Å². The Morgan fingerprint density at radius 1 is 0.850 bits per heavy atom. The molecule has 5 aromatic rings. The van der Waals surface area contributed by atoms with Crippen LogP contribution in [0, 0.1) is 0 Å². The predicted octanol–water partition coefficient (Wildman–Crippen LogP) is 9.33. The average molecular weight is 542 g/mol. The van der Waals surface area contributed by atoms with Crippen LogP contribution in [-0.2, 0) is 6.54 Å². The van der Waals surface area contributed by atoms with Gasteiger partial charge in [0.1, 0.15) is 11.2 Å². The lowest BCUT2D eigenvalue weighted by Gasteiger charge is -2.16. The summed E-state index contributed by atoms with van der Waals surface area (Å²) in [5.41, 5.74) is 5.23. The minimum absolute atomic E-state index is 0.867. The number of rotatable bonds is 5. The lowest BCUT2D eigenvalue weighted by atomic mass is 9.94. The van der Waals surface area contributed by atoms with E-state index in [1.807, 2.05) is 11.3 Å². The summed E-state index contributed by atoms with van der Waals surface area (Å²) in [5, 5.41) is 6.31. The largest absolute Gasteiger partial charge is 0.438 e. The van der Waals surface area contributed by atoms with Crippen molar-refractivity contribution in [2.75, 3.05) is 11.4 Å². The van der Waals surface area contributed by atoms with Gasteiger partial charge in [-0.15, -0.1) is 0 Å². The van der Waals surface area contributed by atoms with Crippen molar-refractivity contribution in [1.29, 1.82) is 0 Å². The third kappa shape index (κ3) is 4.33. The van der Waals surface area contributed by atoms with Gasteiger partial charge < -0.3 is 9.64 Å². The summed E-state index contributed by atoms with van der Waals surface area (Å²) in [5.74, 6) is 1.87. The van der Waals surface area contributed by atoms with Gasteiger partial charge in [0.05, 0.1) is 11.1 Å². The summed E-state index contributed by atoms with van der Waals surface area (Å²) in [4.78, 5) is 2.26. The fraction of sp³-hybridized carbons (Fsp3) is 0.194. The van der Waals surface area contributed by atoms with E-state index in [-0.39, 0.29) is 0 Å². The molecule has 0 spiro atoms. The minimum Gasteiger partial charge on any atom is -0.438 e. The lowest BCUT2D eigenvalue weighted by Crippen LogP contribution is -2.33. The molecule has 4 heteroatoms. The average Bonchev–Trinajstić information content (AvgIpc) is 3.57. The molecule has 0 radical (unpaired) electrons. The highest BCUT2D eigenvalue weighted by Crippen LogP contribution is 2.44. The van der Waals surface area contributed by atoms with Crippen LogP contribution in [0.4, 0.5) is 5.69 Å². The number of hydrogen-bond acceptors (Lipinski definition) is 3.